The lowest BCUT2D eigenvalue weighted by Gasteiger charge is -2.33. The highest BCUT2D eigenvalue weighted by Gasteiger charge is 2.46. The summed E-state index contributed by atoms with van der Waals surface area (Å²) in [6, 6.07) is 9.83. The third-order valence-corrected chi connectivity index (χ3v) is 3.97. The predicted octanol–water partition coefficient (Wildman–Crippen LogP) is 1.98. The number of carbonyl (C=O) groups is 1. The molecule has 0 atom stereocenters. The molecule has 0 aliphatic rings. The van der Waals surface area contributed by atoms with Crippen LogP contribution in [0.3, 0.4) is 0 Å². The van der Waals surface area contributed by atoms with Crippen LogP contribution in [0.5, 0.6) is 11.5 Å². The molecule has 2 aromatic rings. The van der Waals surface area contributed by atoms with E-state index >= 15 is 0 Å². The van der Waals surface area contributed by atoms with E-state index in [1.165, 1.54) is 12.1 Å². The van der Waals surface area contributed by atoms with Crippen LogP contribution in [0.1, 0.15) is 29.2 Å². The Labute approximate surface area is 140 Å². The van der Waals surface area contributed by atoms with Crippen molar-refractivity contribution >= 4 is 5.97 Å². The summed E-state index contributed by atoms with van der Waals surface area (Å²) in [5.74, 6) is 4.15. The number of phenolic OH excluding ortho intramolecular Hbond substituents is 2. The fraction of sp³-hybridized carbons (Fsp3) is 0.278. The molecule has 0 aliphatic heterocycles. The summed E-state index contributed by atoms with van der Waals surface area (Å²) in [5.41, 5.74) is 0.542. The lowest BCUT2D eigenvalue weighted by Crippen LogP contribution is -2.51. The van der Waals surface area contributed by atoms with Crippen molar-refractivity contribution in [2.24, 2.45) is 5.90 Å². The second-order valence-electron chi connectivity index (χ2n) is 5.73. The molecule has 0 aliphatic carbocycles. The quantitative estimate of drug-likeness (QED) is 0.625. The lowest BCUT2D eigenvalue weighted by atomic mass is 9.80. The van der Waals surface area contributed by atoms with Gasteiger partial charge in [0.25, 0.3) is 0 Å². The number of carbonyl (C=O) groups excluding carboxylic acids is 1. The molecule has 128 valence electrons. The number of nitrogens with two attached hydrogens (primary N) is 1. The first-order valence-electron chi connectivity index (χ1n) is 7.63. The number of phenols is 2. The van der Waals surface area contributed by atoms with Crippen LogP contribution in [0.4, 0.5) is 0 Å². The molecule has 0 fully saturated rings. The van der Waals surface area contributed by atoms with E-state index in [0.29, 0.717) is 6.54 Å². The van der Waals surface area contributed by atoms with Crippen molar-refractivity contribution in [3.05, 3.63) is 58.7 Å². The van der Waals surface area contributed by atoms with Crippen molar-refractivity contribution < 1.29 is 19.8 Å². The van der Waals surface area contributed by atoms with Crippen molar-refractivity contribution in [2.45, 2.75) is 26.3 Å². The topological polar surface area (TPSA) is 105 Å². The Morgan fingerprint density at radius 2 is 1.54 bits per heavy atom. The minimum Gasteiger partial charge on any atom is -0.508 e. The van der Waals surface area contributed by atoms with Crippen LogP contribution in [0.2, 0.25) is 0 Å². The molecule has 24 heavy (non-hydrogen) atoms. The summed E-state index contributed by atoms with van der Waals surface area (Å²) in [5, 5.41) is 23.9. The SMILES string of the molecule is CCNC(C(=O)ON)(c1ccc(C)cc1O)c1ccc(C)cc1O. The standard InChI is InChI=1S/C18H22N2O4/c1-4-20-18(17(23)24-19,13-7-5-11(2)9-15(13)21)14-8-6-12(3)10-16(14)22/h5-10,20-22H,4,19H2,1-3H3. The summed E-state index contributed by atoms with van der Waals surface area (Å²) < 4.78 is 0. The molecule has 2 rings (SSSR count). The summed E-state index contributed by atoms with van der Waals surface area (Å²) in [6.07, 6.45) is 0. The third-order valence-electron chi connectivity index (χ3n) is 3.97. The molecule has 0 radical (unpaired) electrons. The van der Waals surface area contributed by atoms with E-state index in [9.17, 15) is 15.0 Å². The minimum absolute atomic E-state index is 0.0960. The van der Waals surface area contributed by atoms with Gasteiger partial charge in [0.05, 0.1) is 0 Å². The minimum atomic E-state index is -1.63. The zero-order valence-corrected chi connectivity index (χ0v) is 14.0. The first kappa shape index (κ1) is 17.8. The van der Waals surface area contributed by atoms with E-state index in [1.807, 2.05) is 13.8 Å². The van der Waals surface area contributed by atoms with Crippen LogP contribution in [0.25, 0.3) is 0 Å². The molecule has 0 saturated carbocycles. The van der Waals surface area contributed by atoms with Gasteiger partial charge >= 0.3 is 5.97 Å². The fourth-order valence-corrected chi connectivity index (χ4v) is 2.90. The Hall–Kier alpha value is -2.57. The molecule has 6 nitrogen and oxygen atoms in total. The van der Waals surface area contributed by atoms with Gasteiger partial charge in [0.15, 0.2) is 5.54 Å². The molecular formula is C18H22N2O4. The van der Waals surface area contributed by atoms with Gasteiger partial charge < -0.3 is 15.1 Å². The molecular weight excluding hydrogens is 308 g/mol. The maximum atomic E-state index is 12.7. The van der Waals surface area contributed by atoms with Gasteiger partial charge in [-0.3, -0.25) is 5.32 Å². The van der Waals surface area contributed by atoms with Crippen LogP contribution in [0.15, 0.2) is 36.4 Å². The molecule has 0 aromatic heterocycles. The maximum absolute atomic E-state index is 12.7. The van der Waals surface area contributed by atoms with Crippen molar-refractivity contribution in [1.29, 1.82) is 0 Å². The van der Waals surface area contributed by atoms with Crippen LogP contribution in [-0.4, -0.2) is 22.7 Å². The van der Waals surface area contributed by atoms with E-state index < -0.39 is 11.5 Å². The summed E-state index contributed by atoms with van der Waals surface area (Å²) >= 11 is 0. The van der Waals surface area contributed by atoms with Crippen LogP contribution in [0, 0.1) is 13.8 Å². The number of benzene rings is 2. The van der Waals surface area contributed by atoms with Crippen LogP contribution in [-0.2, 0) is 15.2 Å². The van der Waals surface area contributed by atoms with Crippen LogP contribution < -0.4 is 11.2 Å². The first-order chi connectivity index (χ1) is 11.4. The van der Waals surface area contributed by atoms with Gasteiger partial charge in [0.1, 0.15) is 11.5 Å². The van der Waals surface area contributed by atoms with Gasteiger partial charge in [0, 0.05) is 11.1 Å². The van der Waals surface area contributed by atoms with Crippen molar-refractivity contribution in [3.63, 3.8) is 0 Å². The van der Waals surface area contributed by atoms with E-state index in [0.717, 1.165) is 11.1 Å². The average molecular weight is 330 g/mol. The number of aryl methyl sites for hydroxylation is 2. The highest BCUT2D eigenvalue weighted by atomic mass is 16.7. The Morgan fingerprint density at radius 1 is 1.08 bits per heavy atom. The van der Waals surface area contributed by atoms with E-state index in [4.69, 9.17) is 5.90 Å². The van der Waals surface area contributed by atoms with Crippen molar-refractivity contribution in [1.82, 2.24) is 5.32 Å². The Morgan fingerprint density at radius 3 is 1.88 bits per heavy atom. The molecule has 0 unspecified atom stereocenters. The third kappa shape index (κ3) is 2.93. The maximum Gasteiger partial charge on any atom is 0.354 e. The van der Waals surface area contributed by atoms with Gasteiger partial charge in [-0.05, 0) is 43.7 Å². The highest BCUT2D eigenvalue weighted by Crippen LogP contribution is 2.40. The summed E-state index contributed by atoms with van der Waals surface area (Å²) in [6.45, 7) is 5.82. The van der Waals surface area contributed by atoms with E-state index in [1.54, 1.807) is 31.2 Å². The van der Waals surface area contributed by atoms with E-state index in [2.05, 4.69) is 10.2 Å². The summed E-state index contributed by atoms with van der Waals surface area (Å²) in [7, 11) is 0. The van der Waals surface area contributed by atoms with Gasteiger partial charge in [0.2, 0.25) is 0 Å². The monoisotopic (exact) mass is 330 g/mol. The number of hydrogen-bond donors (Lipinski definition) is 4. The molecule has 0 saturated heterocycles. The van der Waals surface area contributed by atoms with Gasteiger partial charge in [-0.1, -0.05) is 31.2 Å². The molecule has 0 bridgehead atoms. The molecule has 5 N–H and O–H groups in total. The predicted molar refractivity (Wildman–Crippen MR) is 90.4 cm³/mol. The molecule has 0 heterocycles. The Balaban J connectivity index is 2.84. The number of aromatic hydroxyl groups is 2. The largest absolute Gasteiger partial charge is 0.508 e. The zero-order chi connectivity index (χ0) is 17.9. The van der Waals surface area contributed by atoms with Gasteiger partial charge in [-0.25, -0.2) is 4.79 Å². The normalized spacial score (nSPS) is 11.3. The molecule has 0 amide bonds. The van der Waals surface area contributed by atoms with Gasteiger partial charge in [-0.15, -0.1) is 0 Å². The van der Waals surface area contributed by atoms with Crippen LogP contribution >= 0.6 is 0 Å². The second-order valence-corrected chi connectivity index (χ2v) is 5.73. The summed E-state index contributed by atoms with van der Waals surface area (Å²) in [4.78, 5) is 17.2. The first-order valence-corrected chi connectivity index (χ1v) is 7.63. The van der Waals surface area contributed by atoms with Crippen molar-refractivity contribution in [3.8, 4) is 11.5 Å². The number of nitrogens with one attached hydrogen (secondary N) is 1. The number of hydrogen-bond acceptors (Lipinski definition) is 6. The average Bonchev–Trinajstić information content (AvgIpc) is 2.52. The van der Waals surface area contributed by atoms with Gasteiger partial charge in [-0.2, -0.15) is 5.90 Å². The zero-order valence-electron chi connectivity index (χ0n) is 14.0. The van der Waals surface area contributed by atoms with E-state index in [-0.39, 0.29) is 22.6 Å². The smallest absolute Gasteiger partial charge is 0.354 e. The highest BCUT2D eigenvalue weighted by molar-refractivity contribution is 5.89. The number of likely N-dealkylation sites (N-methyl/N-ethyl adjacent to an activating group) is 1. The second kappa shape index (κ2) is 6.90. The Bertz CT molecular complexity index is 707. The molecule has 6 heteroatoms. The molecule has 0 spiro atoms. The number of rotatable bonds is 5. The van der Waals surface area contributed by atoms with Crippen molar-refractivity contribution in [2.75, 3.05) is 6.54 Å². The molecule has 2 aromatic carbocycles. The lowest BCUT2D eigenvalue weighted by molar-refractivity contribution is -0.151. The Kier molecular flexibility index (Phi) is 5.11. The fourth-order valence-electron chi connectivity index (χ4n) is 2.90.